The third kappa shape index (κ3) is 4.17. The number of carbonyl (C=O) groups is 1. The highest BCUT2D eigenvalue weighted by Gasteiger charge is 2.19. The molecule has 4 rings (SSSR count). The molecule has 2 heterocycles. The molecule has 9 heteroatoms. The molecule has 0 unspecified atom stereocenters. The van der Waals surface area contributed by atoms with Crippen molar-refractivity contribution in [1.29, 1.82) is 0 Å². The van der Waals surface area contributed by atoms with Gasteiger partial charge in [-0.05, 0) is 54.6 Å². The van der Waals surface area contributed by atoms with E-state index in [-0.39, 0.29) is 30.9 Å². The summed E-state index contributed by atoms with van der Waals surface area (Å²) in [6.45, 7) is 0.690. The molecule has 2 aromatic carbocycles. The van der Waals surface area contributed by atoms with Gasteiger partial charge in [-0.1, -0.05) is 11.8 Å². The molecule has 1 aromatic heterocycles. The molecule has 1 aliphatic heterocycles. The van der Waals surface area contributed by atoms with Crippen LogP contribution in [0, 0.1) is 11.6 Å². The van der Waals surface area contributed by atoms with Gasteiger partial charge in [0.1, 0.15) is 23.1 Å². The van der Waals surface area contributed by atoms with Crippen LogP contribution < -0.4 is 10.1 Å². The maximum Gasteiger partial charge on any atom is 0.269 e. The van der Waals surface area contributed by atoms with Gasteiger partial charge >= 0.3 is 0 Å². The van der Waals surface area contributed by atoms with Gasteiger partial charge in [0.05, 0.1) is 12.8 Å². The molecule has 1 amide bonds. The summed E-state index contributed by atoms with van der Waals surface area (Å²) in [4.78, 5) is 17.1. The Kier molecular flexibility index (Phi) is 6.01. The molecule has 0 bridgehead atoms. The minimum atomic E-state index is -0.372. The molecule has 30 heavy (non-hydrogen) atoms. The van der Waals surface area contributed by atoms with Crippen molar-refractivity contribution in [2.75, 3.05) is 19.6 Å². The summed E-state index contributed by atoms with van der Waals surface area (Å²) in [6.07, 6.45) is 3.72. The summed E-state index contributed by atoms with van der Waals surface area (Å²) >= 11 is 1.38. The van der Waals surface area contributed by atoms with E-state index in [1.165, 1.54) is 42.2 Å². The topological polar surface area (TPSA) is 65.4 Å². The first kappa shape index (κ1) is 20.4. The molecule has 1 N–H and O–H groups in total. The monoisotopic (exact) mass is 431 g/mol. The number of hydrogen-bond donors (Lipinski definition) is 1. The van der Waals surface area contributed by atoms with Gasteiger partial charge in [-0.3, -0.25) is 9.36 Å². The van der Waals surface area contributed by atoms with Crippen molar-refractivity contribution in [3.05, 3.63) is 71.1 Å². The van der Waals surface area contributed by atoms with Gasteiger partial charge in [0.25, 0.3) is 5.91 Å². The summed E-state index contributed by atoms with van der Waals surface area (Å²) in [5.74, 6) is -0.454. The van der Waals surface area contributed by atoms with Crippen molar-refractivity contribution >= 4 is 17.7 Å². The first-order valence-corrected chi connectivity index (χ1v) is 10.5. The van der Waals surface area contributed by atoms with E-state index in [0.717, 1.165) is 0 Å². The fourth-order valence-electron chi connectivity index (χ4n) is 3.32. The van der Waals surface area contributed by atoms with E-state index in [1.807, 2.05) is 6.26 Å². The SMILES string of the molecule is CSc1ncc(C(=O)NCCc2cc(F)cc3c2OCOC3)n1-c1ccc(F)cc1. The van der Waals surface area contributed by atoms with Gasteiger partial charge < -0.3 is 14.8 Å². The van der Waals surface area contributed by atoms with Crippen molar-refractivity contribution in [1.82, 2.24) is 14.9 Å². The average Bonchev–Trinajstić information content (AvgIpc) is 3.18. The van der Waals surface area contributed by atoms with Crippen LogP contribution in [-0.2, 0) is 17.8 Å². The summed E-state index contributed by atoms with van der Waals surface area (Å²) < 4.78 is 39.5. The summed E-state index contributed by atoms with van der Waals surface area (Å²) in [6, 6.07) is 8.64. The number of imidazole rings is 1. The lowest BCUT2D eigenvalue weighted by atomic mass is 10.1. The minimum absolute atomic E-state index is 0.117. The Bertz CT molecular complexity index is 1070. The van der Waals surface area contributed by atoms with Crippen molar-refractivity contribution in [2.24, 2.45) is 0 Å². The molecule has 0 spiro atoms. The summed E-state index contributed by atoms with van der Waals surface area (Å²) in [7, 11) is 0. The first-order chi connectivity index (χ1) is 14.6. The number of thioether (sulfide) groups is 1. The van der Waals surface area contributed by atoms with Crippen molar-refractivity contribution < 1.29 is 23.0 Å². The van der Waals surface area contributed by atoms with Gasteiger partial charge in [-0.25, -0.2) is 13.8 Å². The lowest BCUT2D eigenvalue weighted by Crippen LogP contribution is -2.28. The number of halogens is 2. The predicted octanol–water partition coefficient (Wildman–Crippen LogP) is 3.71. The first-order valence-electron chi connectivity index (χ1n) is 9.24. The molecule has 0 atom stereocenters. The number of carbonyl (C=O) groups excluding carboxylic acids is 1. The number of aromatic nitrogens is 2. The fourth-order valence-corrected chi connectivity index (χ4v) is 3.87. The number of rotatable bonds is 6. The zero-order valence-corrected chi connectivity index (χ0v) is 17.0. The van der Waals surface area contributed by atoms with Crippen LogP contribution in [-0.4, -0.2) is 35.1 Å². The lowest BCUT2D eigenvalue weighted by Gasteiger charge is -2.21. The average molecular weight is 431 g/mol. The molecule has 1 aliphatic rings. The Hall–Kier alpha value is -2.91. The van der Waals surface area contributed by atoms with Crippen LogP contribution in [0.4, 0.5) is 8.78 Å². The van der Waals surface area contributed by atoms with E-state index < -0.39 is 0 Å². The standard InChI is InChI=1S/C21H19F2N3O3S/c1-30-21-25-10-18(26(21)17-4-2-15(22)3-5-17)20(27)24-7-6-13-8-16(23)9-14-11-28-12-29-19(13)14/h2-5,8-10H,6-7,11-12H2,1H3,(H,24,27). The number of ether oxygens (including phenoxy) is 2. The van der Waals surface area contributed by atoms with Crippen LogP contribution in [0.1, 0.15) is 21.6 Å². The Morgan fingerprint density at radius 2 is 2.03 bits per heavy atom. The van der Waals surface area contributed by atoms with E-state index in [9.17, 15) is 13.6 Å². The third-order valence-corrected chi connectivity index (χ3v) is 5.31. The second-order valence-electron chi connectivity index (χ2n) is 6.61. The number of nitrogens with one attached hydrogen (secondary N) is 1. The Balaban J connectivity index is 1.50. The highest BCUT2D eigenvalue weighted by atomic mass is 32.2. The number of hydrogen-bond acceptors (Lipinski definition) is 5. The van der Waals surface area contributed by atoms with E-state index in [4.69, 9.17) is 9.47 Å². The molecule has 0 fully saturated rings. The predicted molar refractivity (Wildman–Crippen MR) is 108 cm³/mol. The molecule has 6 nitrogen and oxygen atoms in total. The second kappa shape index (κ2) is 8.85. The van der Waals surface area contributed by atoms with Crippen molar-refractivity contribution in [2.45, 2.75) is 18.2 Å². The number of fused-ring (bicyclic) bond motifs is 1. The molecule has 0 aliphatic carbocycles. The van der Waals surface area contributed by atoms with Gasteiger partial charge in [0.2, 0.25) is 0 Å². The maximum atomic E-state index is 13.9. The van der Waals surface area contributed by atoms with Crippen LogP contribution in [0.25, 0.3) is 5.69 Å². The lowest BCUT2D eigenvalue weighted by molar-refractivity contribution is -0.0172. The molecule has 0 saturated heterocycles. The van der Waals surface area contributed by atoms with Gasteiger partial charge in [-0.2, -0.15) is 0 Å². The quantitative estimate of drug-likeness (QED) is 0.603. The van der Waals surface area contributed by atoms with Crippen molar-refractivity contribution in [3.8, 4) is 11.4 Å². The van der Waals surface area contributed by atoms with Crippen molar-refractivity contribution in [3.63, 3.8) is 0 Å². The number of amides is 1. The van der Waals surface area contributed by atoms with Gasteiger partial charge in [-0.15, -0.1) is 0 Å². The van der Waals surface area contributed by atoms with Crippen LogP contribution in [0.15, 0.2) is 47.8 Å². The molecular formula is C21H19F2N3O3S. The summed E-state index contributed by atoms with van der Waals surface area (Å²) in [5.41, 5.74) is 2.29. The van der Waals surface area contributed by atoms with E-state index in [2.05, 4.69) is 10.3 Å². The van der Waals surface area contributed by atoms with E-state index in [1.54, 1.807) is 16.7 Å². The highest BCUT2D eigenvalue weighted by molar-refractivity contribution is 7.98. The fraction of sp³-hybridized carbons (Fsp3) is 0.238. The van der Waals surface area contributed by atoms with E-state index >= 15 is 0 Å². The molecule has 3 aromatic rings. The van der Waals surface area contributed by atoms with Gasteiger partial charge in [0, 0.05) is 17.8 Å². The Labute approximate surface area is 176 Å². The minimum Gasteiger partial charge on any atom is -0.467 e. The molecule has 156 valence electrons. The summed E-state index contributed by atoms with van der Waals surface area (Å²) in [5, 5.41) is 3.45. The van der Waals surface area contributed by atoms with Crippen LogP contribution >= 0.6 is 11.8 Å². The van der Waals surface area contributed by atoms with Crippen LogP contribution in [0.2, 0.25) is 0 Å². The van der Waals surface area contributed by atoms with Gasteiger partial charge in [0.15, 0.2) is 11.9 Å². The maximum absolute atomic E-state index is 13.9. The zero-order valence-electron chi connectivity index (χ0n) is 16.2. The van der Waals surface area contributed by atoms with E-state index in [0.29, 0.717) is 46.4 Å². The zero-order chi connectivity index (χ0) is 21.1. The Morgan fingerprint density at radius 3 is 2.80 bits per heavy atom. The third-order valence-electron chi connectivity index (χ3n) is 4.66. The number of nitrogens with zero attached hydrogens (tertiary/aromatic N) is 2. The van der Waals surface area contributed by atoms with Crippen LogP contribution in [0.3, 0.4) is 0 Å². The molecule has 0 saturated carbocycles. The molecular weight excluding hydrogens is 412 g/mol. The Morgan fingerprint density at radius 1 is 1.23 bits per heavy atom. The number of benzene rings is 2. The molecule has 0 radical (unpaired) electrons. The highest BCUT2D eigenvalue weighted by Crippen LogP contribution is 2.29. The normalized spacial score (nSPS) is 12.9. The van der Waals surface area contributed by atoms with Crippen LogP contribution in [0.5, 0.6) is 5.75 Å². The largest absolute Gasteiger partial charge is 0.467 e. The second-order valence-corrected chi connectivity index (χ2v) is 7.39. The smallest absolute Gasteiger partial charge is 0.269 e.